The highest BCUT2D eigenvalue weighted by molar-refractivity contribution is 5.93. The lowest BCUT2D eigenvalue weighted by molar-refractivity contribution is -0.0557. The molecule has 0 radical (unpaired) electrons. The molecule has 0 unspecified atom stereocenters. The van der Waals surface area contributed by atoms with Gasteiger partial charge in [0, 0.05) is 19.7 Å². The first kappa shape index (κ1) is 16.1. The van der Waals surface area contributed by atoms with Crippen LogP contribution in [0.3, 0.4) is 0 Å². The predicted molar refractivity (Wildman–Crippen MR) is 88.9 cm³/mol. The van der Waals surface area contributed by atoms with Crippen molar-refractivity contribution in [3.05, 3.63) is 17.5 Å². The fourth-order valence-electron chi connectivity index (χ4n) is 4.00. The van der Waals surface area contributed by atoms with E-state index in [2.05, 4.69) is 5.10 Å². The molecule has 0 aromatic carbocycles. The minimum Gasteiger partial charge on any atom is -0.374 e. The average Bonchev–Trinajstić information content (AvgIpc) is 3.22. The van der Waals surface area contributed by atoms with Gasteiger partial charge in [-0.1, -0.05) is 0 Å². The maximum Gasteiger partial charge on any atom is 0.272 e. The van der Waals surface area contributed by atoms with Crippen LogP contribution in [-0.4, -0.2) is 58.6 Å². The third kappa shape index (κ3) is 2.97. The van der Waals surface area contributed by atoms with E-state index in [4.69, 9.17) is 9.47 Å². The molecular formula is C18H27N3O3. The van der Waals surface area contributed by atoms with E-state index in [0.29, 0.717) is 25.4 Å². The van der Waals surface area contributed by atoms with Crippen molar-refractivity contribution in [2.45, 2.75) is 64.3 Å². The number of ether oxygens (including phenoxy) is 2. The zero-order valence-corrected chi connectivity index (χ0v) is 14.6. The zero-order chi connectivity index (χ0) is 16.7. The summed E-state index contributed by atoms with van der Waals surface area (Å²) in [4.78, 5) is 15.2. The van der Waals surface area contributed by atoms with Crippen molar-refractivity contribution in [1.82, 2.24) is 14.7 Å². The minimum atomic E-state index is 0.0242. The lowest BCUT2D eigenvalue weighted by Crippen LogP contribution is -2.47. The Bertz CT molecular complexity index is 611. The maximum absolute atomic E-state index is 13.2. The molecule has 1 aromatic heterocycles. The third-order valence-corrected chi connectivity index (χ3v) is 5.46. The summed E-state index contributed by atoms with van der Waals surface area (Å²) in [7, 11) is 0. The second-order valence-corrected chi connectivity index (χ2v) is 7.28. The van der Waals surface area contributed by atoms with Crippen molar-refractivity contribution in [3.8, 4) is 0 Å². The Labute approximate surface area is 143 Å². The monoisotopic (exact) mass is 333 g/mol. The van der Waals surface area contributed by atoms with Gasteiger partial charge in [0.1, 0.15) is 11.8 Å². The highest BCUT2D eigenvalue weighted by Crippen LogP contribution is 2.35. The van der Waals surface area contributed by atoms with Crippen molar-refractivity contribution in [2.75, 3.05) is 19.8 Å². The van der Waals surface area contributed by atoms with Crippen LogP contribution in [0.15, 0.2) is 6.07 Å². The first-order valence-electron chi connectivity index (χ1n) is 9.26. The predicted octanol–water partition coefficient (Wildman–Crippen LogP) is 2.01. The van der Waals surface area contributed by atoms with Crippen LogP contribution in [0, 0.1) is 12.8 Å². The quantitative estimate of drug-likeness (QED) is 0.827. The Morgan fingerprint density at radius 1 is 1.38 bits per heavy atom. The molecule has 1 aromatic rings. The van der Waals surface area contributed by atoms with E-state index >= 15 is 0 Å². The second kappa shape index (κ2) is 6.48. The summed E-state index contributed by atoms with van der Waals surface area (Å²) in [6, 6.07) is 2.02. The van der Waals surface area contributed by atoms with Gasteiger partial charge >= 0.3 is 0 Å². The summed E-state index contributed by atoms with van der Waals surface area (Å²) in [6.07, 6.45) is 4.67. The molecule has 3 aliphatic rings. The number of rotatable bonds is 5. The van der Waals surface area contributed by atoms with Crippen LogP contribution in [0.2, 0.25) is 0 Å². The van der Waals surface area contributed by atoms with Crippen molar-refractivity contribution in [1.29, 1.82) is 0 Å². The Balaban J connectivity index is 1.55. The third-order valence-electron chi connectivity index (χ3n) is 5.46. The van der Waals surface area contributed by atoms with Gasteiger partial charge in [-0.3, -0.25) is 9.48 Å². The van der Waals surface area contributed by atoms with E-state index in [0.717, 1.165) is 31.1 Å². The van der Waals surface area contributed by atoms with Gasteiger partial charge in [0.25, 0.3) is 5.91 Å². The van der Waals surface area contributed by atoms with Gasteiger partial charge in [0.2, 0.25) is 0 Å². The lowest BCUT2D eigenvalue weighted by Gasteiger charge is -2.31. The Morgan fingerprint density at radius 2 is 2.21 bits per heavy atom. The molecule has 132 valence electrons. The standard InChI is InChI=1S/C18H27N3O3/c1-3-21-15(10-12(2)19-21)18(22)20-8-9-23-16-7-6-14(20)17(16)24-11-13-4-5-13/h10,13-14,16-17H,3-9,11H2,1-2H3/t14-,16-,17+/m0/s1. The molecule has 2 heterocycles. The molecule has 1 amide bonds. The fourth-order valence-corrected chi connectivity index (χ4v) is 4.00. The summed E-state index contributed by atoms with van der Waals surface area (Å²) in [6.45, 7) is 6.69. The van der Waals surface area contributed by atoms with Crippen LogP contribution in [0.1, 0.15) is 48.8 Å². The van der Waals surface area contributed by atoms with Crippen LogP contribution in [0.5, 0.6) is 0 Å². The Hall–Kier alpha value is -1.40. The second-order valence-electron chi connectivity index (χ2n) is 7.28. The highest BCUT2D eigenvalue weighted by Gasteiger charge is 2.45. The van der Waals surface area contributed by atoms with Gasteiger partial charge in [0.05, 0.1) is 24.4 Å². The summed E-state index contributed by atoms with van der Waals surface area (Å²) >= 11 is 0. The Kier molecular flexibility index (Phi) is 4.35. The molecule has 4 rings (SSSR count). The molecule has 3 fully saturated rings. The number of nitrogens with zero attached hydrogens (tertiary/aromatic N) is 3. The summed E-state index contributed by atoms with van der Waals surface area (Å²) in [5.41, 5.74) is 1.57. The molecule has 3 atom stereocenters. The smallest absolute Gasteiger partial charge is 0.272 e. The molecule has 0 spiro atoms. The SMILES string of the molecule is CCn1nc(C)cc1C(=O)N1CCO[C@H]2CC[C@H]1[C@H]2OCC1CC1. The normalized spacial score (nSPS) is 29.8. The summed E-state index contributed by atoms with van der Waals surface area (Å²) in [5, 5.41) is 4.42. The van der Waals surface area contributed by atoms with Crippen molar-refractivity contribution in [3.63, 3.8) is 0 Å². The number of aromatic nitrogens is 2. The molecule has 2 saturated carbocycles. The van der Waals surface area contributed by atoms with Crippen molar-refractivity contribution < 1.29 is 14.3 Å². The van der Waals surface area contributed by atoms with Crippen LogP contribution in [0.25, 0.3) is 0 Å². The van der Waals surface area contributed by atoms with E-state index in [9.17, 15) is 4.79 Å². The van der Waals surface area contributed by atoms with E-state index in [1.807, 2.05) is 24.8 Å². The number of hydrogen-bond donors (Lipinski definition) is 0. The number of amides is 1. The van der Waals surface area contributed by atoms with E-state index < -0.39 is 0 Å². The number of hydrogen-bond acceptors (Lipinski definition) is 4. The van der Waals surface area contributed by atoms with Gasteiger partial charge < -0.3 is 14.4 Å². The maximum atomic E-state index is 13.2. The first-order valence-corrected chi connectivity index (χ1v) is 9.26. The summed E-state index contributed by atoms with van der Waals surface area (Å²) in [5.74, 6) is 0.787. The lowest BCUT2D eigenvalue weighted by atomic mass is 10.1. The topological polar surface area (TPSA) is 56.6 Å². The molecule has 1 aliphatic heterocycles. The van der Waals surface area contributed by atoms with Crippen LogP contribution >= 0.6 is 0 Å². The van der Waals surface area contributed by atoms with Crippen LogP contribution < -0.4 is 0 Å². The molecule has 2 aliphatic carbocycles. The number of carbonyl (C=O) groups is 1. The van der Waals surface area contributed by atoms with E-state index in [1.165, 1.54) is 12.8 Å². The average molecular weight is 333 g/mol. The number of carbonyl (C=O) groups excluding carboxylic acids is 1. The first-order chi connectivity index (χ1) is 11.7. The summed E-state index contributed by atoms with van der Waals surface area (Å²) < 4.78 is 14.0. The number of fused-ring (bicyclic) bond motifs is 2. The van der Waals surface area contributed by atoms with Crippen LogP contribution in [0.4, 0.5) is 0 Å². The van der Waals surface area contributed by atoms with Gasteiger partial charge in [-0.05, 0) is 51.5 Å². The van der Waals surface area contributed by atoms with E-state index in [1.54, 1.807) is 4.68 Å². The molecule has 2 bridgehead atoms. The molecule has 1 saturated heterocycles. The van der Waals surface area contributed by atoms with Gasteiger partial charge in [-0.15, -0.1) is 0 Å². The highest BCUT2D eigenvalue weighted by atomic mass is 16.5. The molecule has 0 N–H and O–H groups in total. The van der Waals surface area contributed by atoms with Gasteiger partial charge in [0.15, 0.2) is 0 Å². The molecular weight excluding hydrogens is 306 g/mol. The molecule has 6 nitrogen and oxygen atoms in total. The van der Waals surface area contributed by atoms with Gasteiger partial charge in [-0.2, -0.15) is 5.10 Å². The van der Waals surface area contributed by atoms with Crippen LogP contribution in [-0.2, 0) is 16.0 Å². The zero-order valence-electron chi connectivity index (χ0n) is 14.6. The molecule has 24 heavy (non-hydrogen) atoms. The largest absolute Gasteiger partial charge is 0.374 e. The molecule has 6 heteroatoms. The van der Waals surface area contributed by atoms with Gasteiger partial charge in [-0.25, -0.2) is 0 Å². The van der Waals surface area contributed by atoms with Crippen molar-refractivity contribution >= 4 is 5.91 Å². The minimum absolute atomic E-state index is 0.0242. The Morgan fingerprint density at radius 3 is 2.96 bits per heavy atom. The van der Waals surface area contributed by atoms with E-state index in [-0.39, 0.29) is 24.2 Å². The number of aryl methyl sites for hydroxylation is 2. The van der Waals surface area contributed by atoms with Crippen molar-refractivity contribution in [2.24, 2.45) is 5.92 Å². The fraction of sp³-hybridized carbons (Fsp3) is 0.778.